The van der Waals surface area contributed by atoms with Crippen molar-refractivity contribution in [2.75, 3.05) is 19.7 Å². The Morgan fingerprint density at radius 2 is 1.84 bits per heavy atom. The number of ether oxygens (including phenoxy) is 3. The number of thiazole rings is 1. The molecule has 1 aromatic heterocycles. The molecule has 0 fully saturated rings. The zero-order valence-electron chi connectivity index (χ0n) is 17.1. The van der Waals surface area contributed by atoms with Crippen LogP contribution in [-0.2, 0) is 30.7 Å². The summed E-state index contributed by atoms with van der Waals surface area (Å²) in [5.41, 5.74) is 0.728. The fourth-order valence-electron chi connectivity index (χ4n) is 3.20. The maximum Gasteiger partial charge on any atom is 0.307 e. The van der Waals surface area contributed by atoms with Gasteiger partial charge in [0.15, 0.2) is 26.1 Å². The molecule has 0 spiro atoms. The van der Waals surface area contributed by atoms with Gasteiger partial charge in [-0.3, -0.25) is 9.59 Å². The van der Waals surface area contributed by atoms with Crippen LogP contribution >= 0.6 is 11.3 Å². The summed E-state index contributed by atoms with van der Waals surface area (Å²) in [4.78, 5) is 28.9. The van der Waals surface area contributed by atoms with Crippen molar-refractivity contribution >= 4 is 43.3 Å². The monoisotopic (exact) mass is 476 g/mol. The normalized spacial score (nSPS) is 13.5. The maximum absolute atomic E-state index is 12.5. The number of rotatable bonds is 7. The van der Waals surface area contributed by atoms with E-state index in [9.17, 15) is 18.0 Å². The van der Waals surface area contributed by atoms with Crippen LogP contribution in [0.2, 0.25) is 0 Å². The molecule has 32 heavy (non-hydrogen) atoms. The van der Waals surface area contributed by atoms with E-state index in [0.29, 0.717) is 16.3 Å². The Labute approximate surface area is 187 Å². The highest BCUT2D eigenvalue weighted by Gasteiger charge is 2.19. The van der Waals surface area contributed by atoms with Gasteiger partial charge < -0.3 is 18.8 Å². The van der Waals surface area contributed by atoms with E-state index in [1.54, 1.807) is 34.9 Å². The van der Waals surface area contributed by atoms with Gasteiger partial charge in [0, 0.05) is 25.1 Å². The zero-order chi connectivity index (χ0) is 22.7. The van der Waals surface area contributed by atoms with Crippen LogP contribution < -0.4 is 14.3 Å². The largest absolute Gasteiger partial charge is 0.469 e. The van der Waals surface area contributed by atoms with Gasteiger partial charge in [-0.2, -0.15) is 4.99 Å². The van der Waals surface area contributed by atoms with Crippen molar-refractivity contribution in [3.05, 3.63) is 47.3 Å². The van der Waals surface area contributed by atoms with Crippen LogP contribution in [0.25, 0.3) is 10.2 Å². The van der Waals surface area contributed by atoms with E-state index in [-0.39, 0.29) is 36.8 Å². The summed E-state index contributed by atoms with van der Waals surface area (Å²) in [7, 11) is -2.29. The minimum absolute atomic E-state index is 0.0839. The number of aryl methyl sites for hydroxylation is 1. The molecule has 9 nitrogen and oxygen atoms in total. The first-order valence-electron chi connectivity index (χ1n) is 9.72. The molecule has 0 bridgehead atoms. The zero-order valence-corrected chi connectivity index (χ0v) is 18.8. The van der Waals surface area contributed by atoms with Crippen molar-refractivity contribution < 1.29 is 32.2 Å². The van der Waals surface area contributed by atoms with Gasteiger partial charge in [-0.25, -0.2) is 8.42 Å². The van der Waals surface area contributed by atoms with Gasteiger partial charge in [-0.05, 0) is 12.1 Å². The molecule has 1 amide bonds. The maximum atomic E-state index is 12.5. The molecule has 0 saturated carbocycles. The third-order valence-corrected chi connectivity index (χ3v) is 7.62. The molecule has 0 saturated heterocycles. The van der Waals surface area contributed by atoms with E-state index < -0.39 is 21.7 Å². The Kier molecular flexibility index (Phi) is 6.28. The van der Waals surface area contributed by atoms with Crippen molar-refractivity contribution in [1.29, 1.82) is 0 Å². The molecule has 3 aromatic rings. The lowest BCUT2D eigenvalue weighted by atomic mass is 10.3. The molecule has 0 N–H and O–H groups in total. The van der Waals surface area contributed by atoms with Crippen LogP contribution in [0.3, 0.4) is 0 Å². The second kappa shape index (κ2) is 9.13. The first kappa shape index (κ1) is 22.0. The highest BCUT2D eigenvalue weighted by molar-refractivity contribution is 7.91. The Hall–Kier alpha value is -3.18. The van der Waals surface area contributed by atoms with E-state index in [1.165, 1.54) is 30.6 Å². The van der Waals surface area contributed by atoms with Gasteiger partial charge >= 0.3 is 5.97 Å². The molecule has 2 heterocycles. The molecule has 11 heteroatoms. The molecule has 1 aliphatic heterocycles. The fraction of sp³-hybridized carbons (Fsp3) is 0.286. The van der Waals surface area contributed by atoms with E-state index in [0.717, 1.165) is 10.2 Å². The van der Waals surface area contributed by atoms with Gasteiger partial charge in [0.2, 0.25) is 12.7 Å². The number of carbonyl (C=O) groups is 2. The lowest BCUT2D eigenvalue weighted by Gasteiger charge is -2.05. The number of hydrogen-bond acceptors (Lipinski definition) is 8. The number of esters is 1. The molecular formula is C21H20N2O7S2. The van der Waals surface area contributed by atoms with Gasteiger partial charge in [0.25, 0.3) is 0 Å². The topological polar surface area (TPSA) is 113 Å². The summed E-state index contributed by atoms with van der Waals surface area (Å²) in [5, 5.41) is 0. The SMILES string of the molecule is COC(=O)CCn1c(=NC(=O)CCS(=O)(=O)c2ccccc2)sc2cc3c(cc21)OCO3. The van der Waals surface area contributed by atoms with Gasteiger partial charge in [-0.1, -0.05) is 29.5 Å². The summed E-state index contributed by atoms with van der Waals surface area (Å²) in [6.07, 6.45) is -0.175. The molecule has 0 atom stereocenters. The Bertz CT molecular complexity index is 1340. The summed E-state index contributed by atoms with van der Waals surface area (Å²) in [6.45, 7) is 0.362. The van der Waals surface area contributed by atoms with Crippen LogP contribution in [-0.4, -0.2) is 44.5 Å². The number of amides is 1. The van der Waals surface area contributed by atoms with E-state index >= 15 is 0 Å². The molecule has 0 unspecified atom stereocenters. The molecule has 0 aliphatic carbocycles. The van der Waals surface area contributed by atoms with Crippen molar-refractivity contribution in [2.45, 2.75) is 24.3 Å². The molecule has 4 rings (SSSR count). The number of sulfone groups is 1. The highest BCUT2D eigenvalue weighted by atomic mass is 32.2. The lowest BCUT2D eigenvalue weighted by Crippen LogP contribution is -2.20. The highest BCUT2D eigenvalue weighted by Crippen LogP contribution is 2.37. The molecule has 0 radical (unpaired) electrons. The molecule has 2 aromatic carbocycles. The minimum atomic E-state index is -3.59. The first-order valence-corrected chi connectivity index (χ1v) is 12.2. The van der Waals surface area contributed by atoms with Gasteiger partial charge in [-0.15, -0.1) is 0 Å². The van der Waals surface area contributed by atoms with Crippen molar-refractivity contribution in [2.24, 2.45) is 4.99 Å². The number of benzene rings is 2. The van der Waals surface area contributed by atoms with Gasteiger partial charge in [0.05, 0.1) is 34.4 Å². The molecular weight excluding hydrogens is 456 g/mol. The third kappa shape index (κ3) is 4.68. The van der Waals surface area contributed by atoms with Crippen LogP contribution in [0.15, 0.2) is 52.4 Å². The van der Waals surface area contributed by atoms with Gasteiger partial charge in [0.1, 0.15) is 0 Å². The van der Waals surface area contributed by atoms with E-state index in [4.69, 9.17) is 14.2 Å². The number of hydrogen-bond donors (Lipinski definition) is 0. The Morgan fingerprint density at radius 1 is 1.12 bits per heavy atom. The van der Waals surface area contributed by atoms with Crippen molar-refractivity contribution in [3.63, 3.8) is 0 Å². The quantitative estimate of drug-likeness (QED) is 0.481. The van der Waals surface area contributed by atoms with E-state index in [1.807, 2.05) is 0 Å². The van der Waals surface area contributed by atoms with Crippen LogP contribution in [0.5, 0.6) is 11.5 Å². The Morgan fingerprint density at radius 3 is 2.56 bits per heavy atom. The van der Waals surface area contributed by atoms with Crippen LogP contribution in [0, 0.1) is 0 Å². The third-order valence-electron chi connectivity index (χ3n) is 4.85. The molecule has 168 valence electrons. The smallest absolute Gasteiger partial charge is 0.307 e. The second-order valence-corrected chi connectivity index (χ2v) is 10.0. The number of methoxy groups -OCH3 is 1. The van der Waals surface area contributed by atoms with Crippen molar-refractivity contribution in [1.82, 2.24) is 4.57 Å². The average Bonchev–Trinajstić information content (AvgIpc) is 3.38. The summed E-state index contributed by atoms with van der Waals surface area (Å²) >= 11 is 1.25. The minimum Gasteiger partial charge on any atom is -0.469 e. The Balaban J connectivity index is 1.63. The predicted octanol–water partition coefficient (Wildman–Crippen LogP) is 2.29. The van der Waals surface area contributed by atoms with Crippen LogP contribution in [0.4, 0.5) is 0 Å². The first-order chi connectivity index (χ1) is 15.4. The molecule has 1 aliphatic rings. The van der Waals surface area contributed by atoms with Crippen LogP contribution in [0.1, 0.15) is 12.8 Å². The second-order valence-electron chi connectivity index (χ2n) is 6.92. The summed E-state index contributed by atoms with van der Waals surface area (Å²) in [5.74, 6) is -0.158. The number of carbonyl (C=O) groups excluding carboxylic acids is 2. The van der Waals surface area contributed by atoms with E-state index in [2.05, 4.69) is 4.99 Å². The van der Waals surface area contributed by atoms with Crippen molar-refractivity contribution in [3.8, 4) is 11.5 Å². The standard InChI is InChI=1S/C21H20N2O7S2/c1-28-20(25)7-9-23-15-11-16-17(30-13-29-16)12-18(15)31-21(23)22-19(24)8-10-32(26,27)14-5-3-2-4-6-14/h2-6,11-12H,7-10,13H2,1H3. The number of aromatic nitrogens is 1. The summed E-state index contributed by atoms with van der Waals surface area (Å²) < 4.78 is 43.0. The predicted molar refractivity (Wildman–Crippen MR) is 116 cm³/mol. The average molecular weight is 477 g/mol. The number of nitrogens with zero attached hydrogens (tertiary/aromatic N) is 2. The fourth-order valence-corrected chi connectivity index (χ4v) is 5.53. The summed E-state index contributed by atoms with van der Waals surface area (Å²) in [6, 6.07) is 11.5. The number of fused-ring (bicyclic) bond motifs is 2. The lowest BCUT2D eigenvalue weighted by molar-refractivity contribution is -0.140.